The third-order valence-electron chi connectivity index (χ3n) is 3.55. The van der Waals surface area contributed by atoms with Crippen LogP contribution < -0.4 is 11.5 Å². The molecule has 2 rings (SSSR count). The summed E-state index contributed by atoms with van der Waals surface area (Å²) in [4.78, 5) is 24.6. The third kappa shape index (κ3) is 1.71. The number of likely N-dealkylation sites (tertiary alicyclic amines) is 1. The first-order chi connectivity index (χ1) is 7.03. The fraction of sp³-hybridized carbons (Fsp3) is 0.800. The molecule has 1 saturated heterocycles. The first kappa shape index (κ1) is 10.4. The lowest BCUT2D eigenvalue weighted by Gasteiger charge is -2.39. The quantitative estimate of drug-likeness (QED) is 0.626. The zero-order valence-electron chi connectivity index (χ0n) is 8.74. The van der Waals surface area contributed by atoms with Crippen LogP contribution in [0.5, 0.6) is 0 Å². The molecule has 1 heterocycles. The van der Waals surface area contributed by atoms with Crippen LogP contribution in [-0.2, 0) is 9.59 Å². The summed E-state index contributed by atoms with van der Waals surface area (Å²) < 4.78 is 0. The molecule has 0 aromatic carbocycles. The smallest absolute Gasteiger partial charge is 0.242 e. The van der Waals surface area contributed by atoms with E-state index in [9.17, 15) is 9.59 Å². The van der Waals surface area contributed by atoms with Crippen molar-refractivity contribution in [3.63, 3.8) is 0 Å². The molecule has 1 aliphatic heterocycles. The molecule has 84 valence electrons. The largest absolute Gasteiger partial charge is 0.369 e. The molecule has 4 N–H and O–H groups in total. The Labute approximate surface area is 88.8 Å². The van der Waals surface area contributed by atoms with Gasteiger partial charge in [0.25, 0.3) is 0 Å². The van der Waals surface area contributed by atoms with Crippen LogP contribution in [-0.4, -0.2) is 35.3 Å². The molecule has 0 bridgehead atoms. The minimum absolute atomic E-state index is 0.00231. The minimum Gasteiger partial charge on any atom is -0.369 e. The first-order valence-electron chi connectivity index (χ1n) is 5.40. The van der Waals surface area contributed by atoms with Crippen molar-refractivity contribution in [3.8, 4) is 0 Å². The van der Waals surface area contributed by atoms with Crippen molar-refractivity contribution in [3.05, 3.63) is 0 Å². The van der Waals surface area contributed by atoms with Crippen molar-refractivity contribution < 1.29 is 9.59 Å². The summed E-state index contributed by atoms with van der Waals surface area (Å²) in [6, 6.07) is 0. The van der Waals surface area contributed by atoms with Crippen molar-refractivity contribution in [2.45, 2.75) is 31.2 Å². The topological polar surface area (TPSA) is 89.4 Å². The molecular weight excluding hydrogens is 194 g/mol. The van der Waals surface area contributed by atoms with E-state index in [-0.39, 0.29) is 17.7 Å². The van der Waals surface area contributed by atoms with Crippen LogP contribution in [0.1, 0.15) is 25.7 Å². The molecule has 15 heavy (non-hydrogen) atoms. The Morgan fingerprint density at radius 1 is 1.33 bits per heavy atom. The molecule has 0 aromatic rings. The molecule has 5 nitrogen and oxygen atoms in total. The van der Waals surface area contributed by atoms with Crippen LogP contribution in [0.4, 0.5) is 0 Å². The lowest BCUT2D eigenvalue weighted by molar-refractivity contribution is -0.139. The number of amides is 2. The predicted octanol–water partition coefficient (Wildman–Crippen LogP) is -0.798. The van der Waals surface area contributed by atoms with E-state index in [4.69, 9.17) is 11.5 Å². The highest BCUT2D eigenvalue weighted by Gasteiger charge is 2.44. The standard InChI is InChI=1S/C10H17N3O2/c11-8(14)7-2-5-13(6-7)9(15)10(12)3-1-4-10/h7H,1-6,12H2,(H2,11,14). The molecule has 0 aromatic heterocycles. The van der Waals surface area contributed by atoms with Crippen molar-refractivity contribution in [1.29, 1.82) is 0 Å². The van der Waals surface area contributed by atoms with Crippen LogP contribution in [0.15, 0.2) is 0 Å². The van der Waals surface area contributed by atoms with E-state index in [1.807, 2.05) is 0 Å². The maximum Gasteiger partial charge on any atom is 0.242 e. The Morgan fingerprint density at radius 2 is 2.00 bits per heavy atom. The maximum atomic E-state index is 12.0. The number of nitrogens with two attached hydrogens (primary N) is 2. The average molecular weight is 211 g/mol. The average Bonchev–Trinajstić information content (AvgIpc) is 2.61. The van der Waals surface area contributed by atoms with Crippen LogP contribution in [0, 0.1) is 5.92 Å². The predicted molar refractivity (Wildman–Crippen MR) is 54.7 cm³/mol. The minimum atomic E-state index is -0.646. The van der Waals surface area contributed by atoms with Gasteiger partial charge >= 0.3 is 0 Å². The van der Waals surface area contributed by atoms with Gasteiger partial charge in [0.05, 0.1) is 11.5 Å². The summed E-state index contributed by atoms with van der Waals surface area (Å²) in [5, 5.41) is 0. The van der Waals surface area contributed by atoms with Gasteiger partial charge in [-0.15, -0.1) is 0 Å². The number of hydrogen-bond acceptors (Lipinski definition) is 3. The Kier molecular flexibility index (Phi) is 2.42. The number of carbonyl (C=O) groups excluding carboxylic acids is 2. The summed E-state index contributed by atoms with van der Waals surface area (Å²) in [5.74, 6) is -0.500. The zero-order valence-corrected chi connectivity index (χ0v) is 8.74. The van der Waals surface area contributed by atoms with Crippen molar-refractivity contribution in [2.24, 2.45) is 17.4 Å². The van der Waals surface area contributed by atoms with E-state index in [0.29, 0.717) is 19.5 Å². The Morgan fingerprint density at radius 3 is 2.40 bits per heavy atom. The summed E-state index contributed by atoms with van der Waals surface area (Å²) in [6.07, 6.45) is 3.24. The second-order valence-corrected chi connectivity index (χ2v) is 4.65. The number of carbonyl (C=O) groups is 2. The fourth-order valence-electron chi connectivity index (χ4n) is 2.26. The van der Waals surface area contributed by atoms with Gasteiger partial charge in [-0.25, -0.2) is 0 Å². The van der Waals surface area contributed by atoms with Gasteiger partial charge in [-0.2, -0.15) is 0 Å². The Bertz CT molecular complexity index is 299. The van der Waals surface area contributed by atoms with Gasteiger partial charge < -0.3 is 16.4 Å². The number of primary amides is 1. The molecule has 0 spiro atoms. The van der Waals surface area contributed by atoms with E-state index in [2.05, 4.69) is 0 Å². The van der Waals surface area contributed by atoms with Gasteiger partial charge in [-0.05, 0) is 25.7 Å². The lowest BCUT2D eigenvalue weighted by atomic mass is 9.76. The Hall–Kier alpha value is -1.10. The van der Waals surface area contributed by atoms with Crippen LogP contribution in [0.3, 0.4) is 0 Å². The monoisotopic (exact) mass is 211 g/mol. The van der Waals surface area contributed by atoms with E-state index >= 15 is 0 Å². The highest BCUT2D eigenvalue weighted by atomic mass is 16.2. The fourth-order valence-corrected chi connectivity index (χ4v) is 2.26. The van der Waals surface area contributed by atoms with Crippen molar-refractivity contribution in [2.75, 3.05) is 13.1 Å². The van der Waals surface area contributed by atoms with Gasteiger partial charge in [0.1, 0.15) is 0 Å². The van der Waals surface area contributed by atoms with Crippen molar-refractivity contribution in [1.82, 2.24) is 4.90 Å². The summed E-state index contributed by atoms with van der Waals surface area (Å²) >= 11 is 0. The van der Waals surface area contributed by atoms with E-state index in [0.717, 1.165) is 19.3 Å². The van der Waals surface area contributed by atoms with Crippen LogP contribution >= 0.6 is 0 Å². The molecule has 2 aliphatic rings. The van der Waals surface area contributed by atoms with Crippen molar-refractivity contribution >= 4 is 11.8 Å². The molecule has 2 fully saturated rings. The van der Waals surface area contributed by atoms with Gasteiger partial charge in [-0.1, -0.05) is 0 Å². The SMILES string of the molecule is NC(=O)C1CCN(C(=O)C2(N)CCC2)C1. The summed E-state index contributed by atoms with van der Waals surface area (Å²) in [7, 11) is 0. The number of hydrogen-bond donors (Lipinski definition) is 2. The van der Waals surface area contributed by atoms with Crippen LogP contribution in [0.2, 0.25) is 0 Å². The molecule has 1 atom stereocenters. The summed E-state index contributed by atoms with van der Waals surface area (Å²) in [5.41, 5.74) is 10.5. The van der Waals surface area contributed by atoms with E-state index < -0.39 is 5.54 Å². The highest BCUT2D eigenvalue weighted by Crippen LogP contribution is 2.32. The second-order valence-electron chi connectivity index (χ2n) is 4.65. The normalized spacial score (nSPS) is 28.6. The number of rotatable bonds is 2. The van der Waals surface area contributed by atoms with E-state index in [1.165, 1.54) is 0 Å². The van der Waals surface area contributed by atoms with Crippen LogP contribution in [0.25, 0.3) is 0 Å². The zero-order chi connectivity index (χ0) is 11.1. The molecule has 2 amide bonds. The molecular formula is C10H17N3O2. The first-order valence-corrected chi connectivity index (χ1v) is 5.40. The summed E-state index contributed by atoms with van der Waals surface area (Å²) in [6.45, 7) is 1.07. The highest BCUT2D eigenvalue weighted by molar-refractivity contribution is 5.88. The van der Waals surface area contributed by atoms with E-state index in [1.54, 1.807) is 4.90 Å². The maximum absolute atomic E-state index is 12.0. The van der Waals surface area contributed by atoms with Gasteiger partial charge in [0, 0.05) is 13.1 Å². The second kappa shape index (κ2) is 3.48. The molecule has 5 heteroatoms. The van der Waals surface area contributed by atoms with Gasteiger partial charge in [0.15, 0.2) is 0 Å². The number of nitrogens with zero attached hydrogens (tertiary/aromatic N) is 1. The third-order valence-corrected chi connectivity index (χ3v) is 3.55. The molecule has 1 unspecified atom stereocenters. The van der Waals surface area contributed by atoms with Gasteiger partial charge in [-0.3, -0.25) is 9.59 Å². The van der Waals surface area contributed by atoms with Gasteiger partial charge in [0.2, 0.25) is 11.8 Å². The lowest BCUT2D eigenvalue weighted by Crippen LogP contribution is -2.59. The molecule has 1 aliphatic carbocycles. The molecule has 1 saturated carbocycles. The Balaban J connectivity index is 1.96. The molecule has 0 radical (unpaired) electrons.